The van der Waals surface area contributed by atoms with Crippen molar-refractivity contribution in [3.8, 4) is 6.07 Å². The lowest BCUT2D eigenvalue weighted by atomic mass is 9.82. The molecule has 1 aromatic carbocycles. The van der Waals surface area contributed by atoms with E-state index in [2.05, 4.69) is 39.0 Å². The number of nitrogens with one attached hydrogen (secondary N) is 1. The van der Waals surface area contributed by atoms with Gasteiger partial charge in [0.2, 0.25) is 11.8 Å². The highest BCUT2D eigenvalue weighted by molar-refractivity contribution is 7.80. The summed E-state index contributed by atoms with van der Waals surface area (Å²) in [6.45, 7) is 10.9. The van der Waals surface area contributed by atoms with E-state index >= 15 is 0 Å². The van der Waals surface area contributed by atoms with Crippen LogP contribution in [0.5, 0.6) is 0 Å². The fourth-order valence-electron chi connectivity index (χ4n) is 10.1. The zero-order valence-electron chi connectivity index (χ0n) is 34.7. The van der Waals surface area contributed by atoms with Crippen LogP contribution in [0.4, 0.5) is 18.9 Å². The molecule has 0 spiro atoms. The SMILES string of the molecule is C[C@@H]1CN(CCCC2CCC(N3C(=S)N(c4cnc(C#N)c(C(F)(F)F)c4)C(=O)C3(C)C)CC2)C[C@H](C)N1CC(=O)Cc1cccc2c(C3CCC(=O)NC3=O)nn(C)c12. The summed E-state index contributed by atoms with van der Waals surface area (Å²) in [6.07, 6.45) is 2.85. The number of hydrogen-bond donors (Lipinski definition) is 1. The van der Waals surface area contributed by atoms with Crippen LogP contribution >= 0.6 is 12.2 Å². The van der Waals surface area contributed by atoms with Gasteiger partial charge in [0.25, 0.3) is 5.91 Å². The Labute approximate surface area is 353 Å². The highest BCUT2D eigenvalue weighted by atomic mass is 32.1. The van der Waals surface area contributed by atoms with Gasteiger partial charge < -0.3 is 9.80 Å². The Kier molecular flexibility index (Phi) is 12.2. The molecule has 320 valence electrons. The number of benzene rings is 1. The topological polar surface area (TPSA) is 148 Å². The van der Waals surface area contributed by atoms with Crippen LogP contribution in [0, 0.1) is 17.2 Å². The first kappa shape index (κ1) is 43.3. The Hall–Kier alpha value is -4.79. The second-order valence-corrected chi connectivity index (χ2v) is 17.9. The van der Waals surface area contributed by atoms with E-state index in [0.717, 1.165) is 91.8 Å². The number of piperidine rings is 1. The molecule has 1 aliphatic carbocycles. The van der Waals surface area contributed by atoms with E-state index in [1.807, 2.05) is 30.1 Å². The lowest BCUT2D eigenvalue weighted by Gasteiger charge is -2.44. The van der Waals surface area contributed by atoms with Gasteiger partial charge >= 0.3 is 6.18 Å². The number of alkyl halides is 3. The van der Waals surface area contributed by atoms with Gasteiger partial charge in [-0.05, 0) is 109 Å². The lowest BCUT2D eigenvalue weighted by Crippen LogP contribution is -2.58. The predicted molar refractivity (Wildman–Crippen MR) is 222 cm³/mol. The number of ketones is 1. The molecule has 5 heterocycles. The third-order valence-electron chi connectivity index (χ3n) is 13.0. The van der Waals surface area contributed by atoms with Crippen LogP contribution in [-0.4, -0.2) is 108 Å². The first-order valence-corrected chi connectivity index (χ1v) is 21.2. The van der Waals surface area contributed by atoms with Gasteiger partial charge in [-0.3, -0.25) is 39.0 Å². The van der Waals surface area contributed by atoms with Crippen molar-refractivity contribution in [2.24, 2.45) is 13.0 Å². The van der Waals surface area contributed by atoms with E-state index in [4.69, 9.17) is 12.2 Å². The van der Waals surface area contributed by atoms with Crippen molar-refractivity contribution >= 4 is 57.4 Å². The van der Waals surface area contributed by atoms with Crippen LogP contribution in [-0.2, 0) is 38.8 Å². The van der Waals surface area contributed by atoms with Crippen molar-refractivity contribution in [1.29, 1.82) is 5.26 Å². The van der Waals surface area contributed by atoms with Gasteiger partial charge in [0.05, 0.1) is 41.1 Å². The summed E-state index contributed by atoms with van der Waals surface area (Å²) >= 11 is 5.76. The van der Waals surface area contributed by atoms with Crippen LogP contribution in [0.1, 0.15) is 107 Å². The third-order valence-corrected chi connectivity index (χ3v) is 13.4. The minimum absolute atomic E-state index is 0.0315. The first-order chi connectivity index (χ1) is 28.4. The molecule has 1 unspecified atom stereocenters. The number of aromatic nitrogens is 3. The Morgan fingerprint density at radius 3 is 2.42 bits per heavy atom. The molecule has 3 aromatic rings. The summed E-state index contributed by atoms with van der Waals surface area (Å²) < 4.78 is 42.9. The molecule has 3 amide bonds. The molecule has 17 heteroatoms. The van der Waals surface area contributed by atoms with Gasteiger partial charge in [-0.25, -0.2) is 4.98 Å². The molecule has 7 rings (SSSR count). The van der Waals surface area contributed by atoms with E-state index in [9.17, 15) is 37.6 Å². The fourth-order valence-corrected chi connectivity index (χ4v) is 10.6. The second-order valence-electron chi connectivity index (χ2n) is 17.5. The van der Waals surface area contributed by atoms with Crippen LogP contribution in [0.3, 0.4) is 0 Å². The number of para-hydroxylation sites is 1. The molecule has 3 aliphatic heterocycles. The number of nitrogens with zero attached hydrogens (tertiary/aromatic N) is 8. The Bertz CT molecular complexity index is 2230. The maximum absolute atomic E-state index is 13.7. The second kappa shape index (κ2) is 16.9. The molecule has 4 fully saturated rings. The minimum Gasteiger partial charge on any atom is -0.331 e. The van der Waals surface area contributed by atoms with Crippen LogP contribution in [0.2, 0.25) is 0 Å². The average molecular weight is 848 g/mol. The van der Waals surface area contributed by atoms with Crippen LogP contribution in [0.15, 0.2) is 30.5 Å². The van der Waals surface area contributed by atoms with Gasteiger partial charge in [-0.15, -0.1) is 0 Å². The number of hydrogen-bond acceptors (Lipinski definition) is 10. The summed E-state index contributed by atoms with van der Waals surface area (Å²) in [4.78, 5) is 63.1. The van der Waals surface area contributed by atoms with Crippen molar-refractivity contribution in [1.82, 2.24) is 34.8 Å². The predicted octanol–water partition coefficient (Wildman–Crippen LogP) is 5.64. The number of imide groups is 1. The van der Waals surface area contributed by atoms with Gasteiger partial charge in [0.1, 0.15) is 11.6 Å². The molecular weight excluding hydrogens is 796 g/mol. The zero-order valence-corrected chi connectivity index (χ0v) is 35.5. The molecule has 3 saturated heterocycles. The molecule has 3 atom stereocenters. The van der Waals surface area contributed by atoms with E-state index in [-0.39, 0.29) is 59.4 Å². The Morgan fingerprint density at radius 2 is 1.77 bits per heavy atom. The van der Waals surface area contributed by atoms with E-state index in [1.54, 1.807) is 18.5 Å². The molecule has 1 N–H and O–H groups in total. The summed E-state index contributed by atoms with van der Waals surface area (Å²) in [5.74, 6) is -0.908. The lowest BCUT2D eigenvalue weighted by molar-refractivity contribution is -0.138. The van der Waals surface area contributed by atoms with Crippen LogP contribution in [0.25, 0.3) is 10.9 Å². The zero-order chi connectivity index (χ0) is 43.3. The molecule has 1 saturated carbocycles. The number of thiocarbonyl (C=S) groups is 1. The average Bonchev–Trinajstić information content (AvgIpc) is 3.61. The van der Waals surface area contributed by atoms with Gasteiger partial charge in [0.15, 0.2) is 16.6 Å². The van der Waals surface area contributed by atoms with E-state index in [0.29, 0.717) is 24.6 Å². The molecule has 13 nitrogen and oxygen atoms in total. The van der Waals surface area contributed by atoms with E-state index < -0.39 is 34.8 Å². The number of rotatable bonds is 11. The molecule has 2 aromatic heterocycles. The molecule has 0 bridgehead atoms. The molecular formula is C43H52F3N9O4S. The number of Topliss-reactive ketones (excluding diaryl/α,β-unsaturated/α-hetero) is 1. The summed E-state index contributed by atoms with van der Waals surface area (Å²) in [5.41, 5.74) is -0.782. The van der Waals surface area contributed by atoms with Crippen molar-refractivity contribution < 1.29 is 32.3 Å². The number of halogens is 3. The number of anilines is 1. The van der Waals surface area contributed by atoms with Crippen molar-refractivity contribution in [3.63, 3.8) is 0 Å². The Morgan fingerprint density at radius 1 is 1.07 bits per heavy atom. The van der Waals surface area contributed by atoms with Gasteiger partial charge in [-0.1, -0.05) is 18.2 Å². The normalized spacial score (nSPS) is 25.6. The maximum Gasteiger partial charge on any atom is 0.419 e. The maximum atomic E-state index is 13.7. The van der Waals surface area contributed by atoms with Crippen molar-refractivity contribution in [2.75, 3.05) is 31.1 Å². The smallest absolute Gasteiger partial charge is 0.331 e. The summed E-state index contributed by atoms with van der Waals surface area (Å²) in [7, 11) is 1.82. The number of carbonyl (C=O) groups excluding carboxylic acids is 4. The molecule has 4 aliphatic rings. The monoisotopic (exact) mass is 847 g/mol. The van der Waals surface area contributed by atoms with Crippen molar-refractivity contribution in [2.45, 2.75) is 121 Å². The summed E-state index contributed by atoms with van der Waals surface area (Å²) in [6, 6.07) is 8.37. The summed E-state index contributed by atoms with van der Waals surface area (Å²) in [5, 5.41) is 17.3. The number of amides is 3. The first-order valence-electron chi connectivity index (χ1n) is 20.8. The number of nitriles is 1. The molecule has 60 heavy (non-hydrogen) atoms. The highest BCUT2D eigenvalue weighted by Crippen LogP contribution is 2.41. The molecule has 0 radical (unpaired) electrons. The number of fused-ring (bicyclic) bond motifs is 1. The quantitative estimate of drug-likeness (QED) is 0.189. The number of aryl methyl sites for hydroxylation is 1. The van der Waals surface area contributed by atoms with Gasteiger partial charge in [-0.2, -0.15) is 23.5 Å². The Balaban J connectivity index is 0.884. The van der Waals surface area contributed by atoms with E-state index in [1.165, 1.54) is 6.07 Å². The number of pyridine rings is 1. The standard InChI is InChI=1S/C43H52F3N9O4S/c1-25-22-52(23-26(2)53(25)24-31(56)18-28-9-6-10-32-37(50-51(5)38(28)32)33-15-16-36(57)49-39(33)58)17-7-8-27-11-13-29(14-12-27)55-41(60)54(40(59)42(55,3)4)30-19-34(43(44,45)46)35(20-47)48-21-30/h6,9-10,19,21,25-27,29,33H,7-8,11-18,22-24H2,1-5H3,(H,49,57,58)/t25-,26+,27?,29?,33?. The highest BCUT2D eigenvalue weighted by Gasteiger charge is 2.53. The van der Waals surface area contributed by atoms with Gasteiger partial charge in [0, 0.05) is 56.5 Å². The number of piperazine rings is 1. The van der Waals surface area contributed by atoms with Crippen molar-refractivity contribution in [3.05, 3.63) is 53.0 Å². The fraction of sp³-hybridized carbons (Fsp3) is 0.581. The third kappa shape index (κ3) is 8.42. The largest absolute Gasteiger partial charge is 0.419 e. The van der Waals surface area contributed by atoms with Crippen LogP contribution < -0.4 is 10.2 Å². The number of carbonyl (C=O) groups is 4. The minimum atomic E-state index is -4.81.